The summed E-state index contributed by atoms with van der Waals surface area (Å²) in [5, 5.41) is 12.1. The SMILES string of the molecule is Cc1ccncc1C(=O)N[C@@H]1C[C@H]2CO[C@@H](CCO)CN2C1. The minimum atomic E-state index is -0.0525. The zero-order chi connectivity index (χ0) is 15.5. The van der Waals surface area contributed by atoms with Crippen LogP contribution in [0.4, 0.5) is 0 Å². The average Bonchev–Trinajstić information content (AvgIpc) is 2.89. The number of rotatable bonds is 4. The topological polar surface area (TPSA) is 74.7 Å². The van der Waals surface area contributed by atoms with E-state index in [9.17, 15) is 4.79 Å². The molecular weight excluding hydrogens is 282 g/mol. The summed E-state index contributed by atoms with van der Waals surface area (Å²) < 4.78 is 5.76. The Morgan fingerprint density at radius 2 is 2.41 bits per heavy atom. The Labute approximate surface area is 130 Å². The molecule has 120 valence electrons. The lowest BCUT2D eigenvalue weighted by molar-refractivity contribution is -0.0566. The van der Waals surface area contributed by atoms with Gasteiger partial charge < -0.3 is 15.2 Å². The number of nitrogens with zero attached hydrogens (tertiary/aromatic N) is 2. The van der Waals surface area contributed by atoms with Gasteiger partial charge in [-0.25, -0.2) is 0 Å². The lowest BCUT2D eigenvalue weighted by Crippen LogP contribution is -2.46. The number of pyridine rings is 1. The number of nitrogens with one attached hydrogen (secondary N) is 1. The van der Waals surface area contributed by atoms with E-state index in [0.717, 1.165) is 25.1 Å². The van der Waals surface area contributed by atoms with E-state index in [0.29, 0.717) is 24.6 Å². The highest BCUT2D eigenvalue weighted by Crippen LogP contribution is 2.24. The van der Waals surface area contributed by atoms with E-state index in [1.807, 2.05) is 13.0 Å². The summed E-state index contributed by atoms with van der Waals surface area (Å²) in [6.45, 7) is 4.44. The number of amides is 1. The molecule has 0 saturated carbocycles. The Morgan fingerprint density at radius 3 is 3.18 bits per heavy atom. The Balaban J connectivity index is 1.57. The van der Waals surface area contributed by atoms with Crippen LogP contribution < -0.4 is 5.32 Å². The van der Waals surface area contributed by atoms with Crippen LogP contribution in [0.15, 0.2) is 18.5 Å². The first-order valence-corrected chi connectivity index (χ1v) is 7.85. The van der Waals surface area contributed by atoms with Gasteiger partial charge in [0, 0.05) is 44.2 Å². The van der Waals surface area contributed by atoms with Crippen molar-refractivity contribution >= 4 is 5.91 Å². The molecule has 6 nitrogen and oxygen atoms in total. The largest absolute Gasteiger partial charge is 0.396 e. The zero-order valence-electron chi connectivity index (χ0n) is 12.9. The third-order valence-corrected chi connectivity index (χ3v) is 4.56. The summed E-state index contributed by atoms with van der Waals surface area (Å²) in [4.78, 5) is 18.8. The number of morpholine rings is 1. The summed E-state index contributed by atoms with van der Waals surface area (Å²) in [5.74, 6) is -0.0525. The van der Waals surface area contributed by atoms with Crippen LogP contribution >= 0.6 is 0 Å². The molecule has 22 heavy (non-hydrogen) atoms. The van der Waals surface area contributed by atoms with Crippen molar-refractivity contribution in [3.63, 3.8) is 0 Å². The quantitative estimate of drug-likeness (QED) is 0.839. The van der Waals surface area contributed by atoms with Crippen molar-refractivity contribution in [1.29, 1.82) is 0 Å². The number of hydrogen-bond donors (Lipinski definition) is 2. The zero-order valence-corrected chi connectivity index (χ0v) is 12.9. The number of aromatic nitrogens is 1. The number of carbonyl (C=O) groups is 1. The molecule has 0 radical (unpaired) electrons. The molecule has 0 unspecified atom stereocenters. The molecule has 2 N–H and O–H groups in total. The fourth-order valence-electron chi connectivity index (χ4n) is 3.33. The van der Waals surface area contributed by atoms with Crippen molar-refractivity contribution in [2.24, 2.45) is 0 Å². The highest BCUT2D eigenvalue weighted by atomic mass is 16.5. The van der Waals surface area contributed by atoms with Gasteiger partial charge in [-0.2, -0.15) is 0 Å². The smallest absolute Gasteiger partial charge is 0.253 e. The maximum absolute atomic E-state index is 12.4. The molecule has 2 aliphatic heterocycles. The predicted octanol–water partition coefficient (Wildman–Crippen LogP) is 0.344. The van der Waals surface area contributed by atoms with Crippen LogP contribution in [0.3, 0.4) is 0 Å². The first-order chi connectivity index (χ1) is 10.7. The molecule has 0 bridgehead atoms. The third kappa shape index (κ3) is 3.29. The molecule has 0 spiro atoms. The van der Waals surface area contributed by atoms with Gasteiger partial charge in [0.25, 0.3) is 5.91 Å². The first kappa shape index (κ1) is 15.4. The van der Waals surface area contributed by atoms with Crippen LogP contribution in [0, 0.1) is 6.92 Å². The maximum atomic E-state index is 12.4. The molecule has 2 fully saturated rings. The molecule has 6 heteroatoms. The monoisotopic (exact) mass is 305 g/mol. The average molecular weight is 305 g/mol. The van der Waals surface area contributed by atoms with Crippen molar-refractivity contribution in [2.75, 3.05) is 26.3 Å². The summed E-state index contributed by atoms with van der Waals surface area (Å²) in [5.41, 5.74) is 1.58. The lowest BCUT2D eigenvalue weighted by atomic mass is 10.1. The highest BCUT2D eigenvalue weighted by Gasteiger charge is 2.37. The van der Waals surface area contributed by atoms with Crippen LogP contribution in [-0.2, 0) is 4.74 Å². The predicted molar refractivity (Wildman–Crippen MR) is 81.6 cm³/mol. The van der Waals surface area contributed by atoms with Crippen molar-refractivity contribution in [2.45, 2.75) is 38.0 Å². The third-order valence-electron chi connectivity index (χ3n) is 4.56. The van der Waals surface area contributed by atoms with E-state index in [2.05, 4.69) is 15.2 Å². The van der Waals surface area contributed by atoms with Gasteiger partial charge in [-0.3, -0.25) is 14.7 Å². The number of ether oxygens (including phenoxy) is 1. The van der Waals surface area contributed by atoms with Crippen molar-refractivity contribution in [3.8, 4) is 0 Å². The summed E-state index contributed by atoms with van der Waals surface area (Å²) in [6.07, 6.45) is 5.01. The first-order valence-electron chi connectivity index (χ1n) is 7.85. The van der Waals surface area contributed by atoms with Crippen LogP contribution in [-0.4, -0.2) is 65.4 Å². The van der Waals surface area contributed by atoms with Gasteiger partial charge in [-0.1, -0.05) is 0 Å². The van der Waals surface area contributed by atoms with Gasteiger partial charge >= 0.3 is 0 Å². The number of carbonyl (C=O) groups excluding carboxylic acids is 1. The molecule has 1 aromatic rings. The second kappa shape index (κ2) is 6.73. The summed E-state index contributed by atoms with van der Waals surface area (Å²) in [6, 6.07) is 2.36. The normalized spacial score (nSPS) is 28.4. The lowest BCUT2D eigenvalue weighted by Gasteiger charge is -2.34. The molecule has 3 rings (SSSR count). The maximum Gasteiger partial charge on any atom is 0.253 e. The second-order valence-electron chi connectivity index (χ2n) is 6.17. The van der Waals surface area contributed by atoms with E-state index < -0.39 is 0 Å². The standard InChI is InChI=1S/C16H23N3O3/c1-11-2-4-17-7-15(11)16(21)18-12-6-13-10-22-14(3-5-20)9-19(13)8-12/h2,4,7,12-14,20H,3,5-6,8-10H2,1H3,(H,18,21)/t12-,13+,14+/m1/s1. The molecule has 0 aliphatic carbocycles. The van der Waals surface area contributed by atoms with Gasteiger partial charge in [0.05, 0.1) is 18.3 Å². The summed E-state index contributed by atoms with van der Waals surface area (Å²) >= 11 is 0. The highest BCUT2D eigenvalue weighted by molar-refractivity contribution is 5.95. The second-order valence-corrected chi connectivity index (χ2v) is 6.17. The Hall–Kier alpha value is -1.50. The van der Waals surface area contributed by atoms with Crippen LogP contribution in [0.5, 0.6) is 0 Å². The van der Waals surface area contributed by atoms with Gasteiger partial charge in [0.2, 0.25) is 0 Å². The minimum Gasteiger partial charge on any atom is -0.396 e. The van der Waals surface area contributed by atoms with Crippen molar-refractivity contribution < 1.29 is 14.6 Å². The van der Waals surface area contributed by atoms with Gasteiger partial charge in [-0.15, -0.1) is 0 Å². The van der Waals surface area contributed by atoms with Gasteiger partial charge in [0.1, 0.15) is 0 Å². The van der Waals surface area contributed by atoms with Crippen LogP contribution in [0.25, 0.3) is 0 Å². The molecule has 1 amide bonds. The Bertz CT molecular complexity index is 537. The number of hydrogen-bond acceptors (Lipinski definition) is 5. The molecule has 2 saturated heterocycles. The molecule has 0 aromatic carbocycles. The van der Waals surface area contributed by atoms with Crippen molar-refractivity contribution in [3.05, 3.63) is 29.6 Å². The van der Waals surface area contributed by atoms with E-state index >= 15 is 0 Å². The fraction of sp³-hybridized carbons (Fsp3) is 0.625. The Kier molecular flexibility index (Phi) is 4.71. The fourth-order valence-corrected chi connectivity index (χ4v) is 3.33. The molecular formula is C16H23N3O3. The van der Waals surface area contributed by atoms with E-state index in [1.54, 1.807) is 12.4 Å². The number of fused-ring (bicyclic) bond motifs is 1. The van der Waals surface area contributed by atoms with E-state index in [4.69, 9.17) is 9.84 Å². The molecule has 1 aromatic heterocycles. The number of aryl methyl sites for hydroxylation is 1. The van der Waals surface area contributed by atoms with Crippen LogP contribution in [0.2, 0.25) is 0 Å². The van der Waals surface area contributed by atoms with E-state index in [-0.39, 0.29) is 24.7 Å². The number of aliphatic hydroxyl groups excluding tert-OH is 1. The van der Waals surface area contributed by atoms with E-state index in [1.165, 1.54) is 0 Å². The molecule has 2 aliphatic rings. The summed E-state index contributed by atoms with van der Waals surface area (Å²) in [7, 11) is 0. The van der Waals surface area contributed by atoms with Gasteiger partial charge in [0.15, 0.2) is 0 Å². The Morgan fingerprint density at radius 1 is 1.55 bits per heavy atom. The van der Waals surface area contributed by atoms with Crippen molar-refractivity contribution in [1.82, 2.24) is 15.2 Å². The minimum absolute atomic E-state index is 0.0525. The molecule has 3 atom stereocenters. The number of aliphatic hydroxyl groups is 1. The van der Waals surface area contributed by atoms with Crippen LogP contribution in [0.1, 0.15) is 28.8 Å². The van der Waals surface area contributed by atoms with Gasteiger partial charge in [-0.05, 0) is 31.4 Å². The molecule has 3 heterocycles.